The second-order valence-corrected chi connectivity index (χ2v) is 4.80. The molecule has 1 aromatic heterocycles. The number of nitrogens with two attached hydrogens (primary N) is 1. The molecule has 1 unspecified atom stereocenters. The first-order valence-electron chi connectivity index (χ1n) is 6.25. The van der Waals surface area contributed by atoms with Crippen LogP contribution in [0.2, 0.25) is 0 Å². The lowest BCUT2D eigenvalue weighted by molar-refractivity contribution is 0.508. The summed E-state index contributed by atoms with van der Waals surface area (Å²) in [5.74, 6) is 2.87. The van der Waals surface area contributed by atoms with Gasteiger partial charge in [0.15, 0.2) is 0 Å². The molecule has 1 rings (SSSR count). The standard InChI is InChI=1S/C13H20N4O2/c1-5-9(6-2)15-10-11(14)17(7-8(3)4)13(19)16-12(10)18/h1,8-9,15H,6-7,14H2,2-4H3,(H,16,18,19). The van der Waals surface area contributed by atoms with Crippen molar-refractivity contribution < 1.29 is 0 Å². The highest BCUT2D eigenvalue weighted by molar-refractivity contribution is 5.61. The Morgan fingerprint density at radius 1 is 1.47 bits per heavy atom. The second kappa shape index (κ2) is 6.14. The van der Waals surface area contributed by atoms with Crippen LogP contribution in [0.4, 0.5) is 11.5 Å². The average Bonchev–Trinajstić information content (AvgIpc) is 2.34. The lowest BCUT2D eigenvalue weighted by Gasteiger charge is -2.17. The van der Waals surface area contributed by atoms with Crippen molar-refractivity contribution in [2.24, 2.45) is 5.92 Å². The minimum atomic E-state index is -0.545. The summed E-state index contributed by atoms with van der Waals surface area (Å²) < 4.78 is 1.34. The van der Waals surface area contributed by atoms with Crippen LogP contribution >= 0.6 is 0 Å². The van der Waals surface area contributed by atoms with Gasteiger partial charge < -0.3 is 11.1 Å². The zero-order valence-electron chi connectivity index (χ0n) is 11.5. The molecule has 0 spiro atoms. The lowest BCUT2D eigenvalue weighted by Crippen LogP contribution is -2.36. The van der Waals surface area contributed by atoms with Crippen molar-refractivity contribution in [3.05, 3.63) is 20.8 Å². The molecule has 0 saturated carbocycles. The second-order valence-electron chi connectivity index (χ2n) is 4.80. The molecule has 0 radical (unpaired) electrons. The van der Waals surface area contributed by atoms with Crippen LogP contribution in [0.3, 0.4) is 0 Å². The molecule has 1 atom stereocenters. The van der Waals surface area contributed by atoms with E-state index in [4.69, 9.17) is 12.2 Å². The molecule has 0 fully saturated rings. The van der Waals surface area contributed by atoms with E-state index >= 15 is 0 Å². The number of nitrogens with one attached hydrogen (secondary N) is 2. The van der Waals surface area contributed by atoms with Crippen molar-refractivity contribution in [3.8, 4) is 12.3 Å². The number of aromatic amines is 1. The van der Waals surface area contributed by atoms with Crippen molar-refractivity contribution in [1.29, 1.82) is 0 Å². The molecule has 0 aromatic carbocycles. The van der Waals surface area contributed by atoms with E-state index in [0.29, 0.717) is 13.0 Å². The van der Waals surface area contributed by atoms with E-state index in [2.05, 4.69) is 16.2 Å². The molecule has 0 aliphatic rings. The third-order valence-electron chi connectivity index (χ3n) is 2.72. The summed E-state index contributed by atoms with van der Waals surface area (Å²) in [5, 5.41) is 2.89. The number of hydrogen-bond donors (Lipinski definition) is 3. The molecule has 0 aliphatic heterocycles. The highest BCUT2D eigenvalue weighted by atomic mass is 16.2. The Balaban J connectivity index is 3.29. The Labute approximate surface area is 112 Å². The molecule has 0 aliphatic carbocycles. The maximum atomic E-state index is 11.8. The van der Waals surface area contributed by atoms with E-state index in [0.717, 1.165) is 0 Å². The van der Waals surface area contributed by atoms with Gasteiger partial charge in [-0.1, -0.05) is 26.7 Å². The van der Waals surface area contributed by atoms with Crippen molar-refractivity contribution in [3.63, 3.8) is 0 Å². The smallest absolute Gasteiger partial charge is 0.330 e. The van der Waals surface area contributed by atoms with Gasteiger partial charge in [0, 0.05) is 6.54 Å². The van der Waals surface area contributed by atoms with E-state index in [1.807, 2.05) is 20.8 Å². The number of aromatic nitrogens is 2. The lowest BCUT2D eigenvalue weighted by atomic mass is 10.2. The van der Waals surface area contributed by atoms with Gasteiger partial charge in [0.25, 0.3) is 5.56 Å². The highest BCUT2D eigenvalue weighted by Crippen LogP contribution is 2.13. The van der Waals surface area contributed by atoms with Gasteiger partial charge in [-0.3, -0.25) is 14.3 Å². The summed E-state index contributed by atoms with van der Waals surface area (Å²) in [7, 11) is 0. The molecule has 0 bridgehead atoms. The Morgan fingerprint density at radius 2 is 2.11 bits per heavy atom. The number of nitrogens with zero attached hydrogens (tertiary/aromatic N) is 1. The number of terminal acetylenes is 1. The van der Waals surface area contributed by atoms with Crippen molar-refractivity contribution in [2.45, 2.75) is 39.8 Å². The number of nitrogen functional groups attached to an aromatic ring is 1. The van der Waals surface area contributed by atoms with Crippen molar-refractivity contribution >= 4 is 11.5 Å². The molecule has 6 heteroatoms. The minimum absolute atomic E-state index is 0.121. The van der Waals surface area contributed by atoms with Crippen LogP contribution in [0.1, 0.15) is 27.2 Å². The molecule has 4 N–H and O–H groups in total. The molecular formula is C13H20N4O2. The SMILES string of the molecule is C#CC(CC)Nc1c(N)n(CC(C)C)c(=O)[nH]c1=O. The first-order valence-corrected chi connectivity index (χ1v) is 6.25. The average molecular weight is 264 g/mol. The molecule has 104 valence electrons. The predicted octanol–water partition coefficient (Wildman–Crippen LogP) is 0.598. The Bertz CT molecular complexity index is 592. The van der Waals surface area contributed by atoms with E-state index < -0.39 is 11.2 Å². The number of rotatable bonds is 5. The maximum absolute atomic E-state index is 11.8. The van der Waals surface area contributed by atoms with Crippen molar-refractivity contribution in [1.82, 2.24) is 9.55 Å². The summed E-state index contributed by atoms with van der Waals surface area (Å²) in [5.41, 5.74) is 5.01. The van der Waals surface area contributed by atoms with Crippen LogP contribution in [-0.2, 0) is 6.54 Å². The van der Waals surface area contributed by atoms with Gasteiger partial charge in [0.05, 0.1) is 6.04 Å². The van der Waals surface area contributed by atoms with Crippen LogP contribution in [0.5, 0.6) is 0 Å². The van der Waals surface area contributed by atoms with Crippen LogP contribution in [-0.4, -0.2) is 15.6 Å². The molecule has 19 heavy (non-hydrogen) atoms. The summed E-state index contributed by atoms with van der Waals surface area (Å²) in [6, 6.07) is -0.298. The Morgan fingerprint density at radius 3 is 2.58 bits per heavy atom. The van der Waals surface area contributed by atoms with Gasteiger partial charge in [-0.2, -0.15) is 0 Å². The third kappa shape index (κ3) is 3.41. The molecule has 1 heterocycles. The maximum Gasteiger partial charge on any atom is 0.330 e. The number of anilines is 2. The number of hydrogen-bond acceptors (Lipinski definition) is 4. The van der Waals surface area contributed by atoms with E-state index in [1.54, 1.807) is 0 Å². The molecule has 6 nitrogen and oxygen atoms in total. The van der Waals surface area contributed by atoms with Crippen LogP contribution in [0, 0.1) is 18.3 Å². The van der Waals surface area contributed by atoms with Gasteiger partial charge in [0.2, 0.25) is 0 Å². The summed E-state index contributed by atoms with van der Waals surface area (Å²) in [6.45, 7) is 6.25. The normalized spacial score (nSPS) is 12.2. The highest BCUT2D eigenvalue weighted by Gasteiger charge is 2.15. The number of H-pyrrole nitrogens is 1. The van der Waals surface area contributed by atoms with Crippen molar-refractivity contribution in [2.75, 3.05) is 11.1 Å². The zero-order valence-corrected chi connectivity index (χ0v) is 11.5. The fraction of sp³-hybridized carbons (Fsp3) is 0.538. The van der Waals surface area contributed by atoms with E-state index in [1.165, 1.54) is 4.57 Å². The monoisotopic (exact) mass is 264 g/mol. The van der Waals surface area contributed by atoms with Gasteiger partial charge in [-0.05, 0) is 12.3 Å². The first kappa shape index (κ1) is 14.9. The molecule has 0 amide bonds. The topological polar surface area (TPSA) is 92.9 Å². The van der Waals surface area contributed by atoms with Crippen LogP contribution < -0.4 is 22.3 Å². The van der Waals surface area contributed by atoms with Crippen LogP contribution in [0.25, 0.3) is 0 Å². The van der Waals surface area contributed by atoms with E-state index in [-0.39, 0.29) is 23.5 Å². The Hall–Kier alpha value is -2.16. The van der Waals surface area contributed by atoms with Gasteiger partial charge in [0.1, 0.15) is 11.5 Å². The van der Waals surface area contributed by atoms with E-state index in [9.17, 15) is 9.59 Å². The van der Waals surface area contributed by atoms with Crippen LogP contribution in [0.15, 0.2) is 9.59 Å². The zero-order chi connectivity index (χ0) is 14.6. The summed E-state index contributed by atoms with van der Waals surface area (Å²) in [6.07, 6.45) is 6.00. The summed E-state index contributed by atoms with van der Waals surface area (Å²) >= 11 is 0. The fourth-order valence-corrected chi connectivity index (χ4v) is 1.71. The first-order chi connectivity index (χ1) is 8.90. The van der Waals surface area contributed by atoms with Gasteiger partial charge in [-0.15, -0.1) is 6.42 Å². The summed E-state index contributed by atoms with van der Waals surface area (Å²) in [4.78, 5) is 25.8. The largest absolute Gasteiger partial charge is 0.383 e. The minimum Gasteiger partial charge on any atom is -0.383 e. The van der Waals surface area contributed by atoms with Gasteiger partial charge >= 0.3 is 5.69 Å². The fourth-order valence-electron chi connectivity index (χ4n) is 1.71. The molecule has 1 aromatic rings. The molecule has 0 saturated heterocycles. The predicted molar refractivity (Wildman–Crippen MR) is 77.1 cm³/mol. The quantitative estimate of drug-likeness (QED) is 0.679. The Kier molecular flexibility index (Phi) is 4.81. The van der Waals surface area contributed by atoms with Gasteiger partial charge in [-0.25, -0.2) is 4.79 Å². The third-order valence-corrected chi connectivity index (χ3v) is 2.72. The molecular weight excluding hydrogens is 244 g/mol.